The fraction of sp³-hybridized carbons (Fsp3) is 0.375. The predicted octanol–water partition coefficient (Wildman–Crippen LogP) is 3.60. The fourth-order valence-corrected chi connectivity index (χ4v) is 5.21. The number of benzene rings is 1. The number of nitrogens with zero attached hydrogens (tertiary/aromatic N) is 4. The van der Waals surface area contributed by atoms with Crippen molar-refractivity contribution in [3.05, 3.63) is 51.2 Å². The van der Waals surface area contributed by atoms with E-state index in [0.29, 0.717) is 21.4 Å². The second-order valence-electron chi connectivity index (χ2n) is 8.30. The van der Waals surface area contributed by atoms with Gasteiger partial charge in [0.15, 0.2) is 11.0 Å². The third kappa shape index (κ3) is 6.05. The zero-order valence-corrected chi connectivity index (χ0v) is 22.9. The van der Waals surface area contributed by atoms with Crippen molar-refractivity contribution < 1.29 is 23.9 Å². The third-order valence-electron chi connectivity index (χ3n) is 5.35. The van der Waals surface area contributed by atoms with E-state index in [1.165, 1.54) is 23.8 Å². The standard InChI is InChI=1S/C24H29N5O5S2/c1-13-8-9-14(2)16(10-13)34-11-17-26-27-24(29(17)6)35-12-18(30)25-21-19(23(32)33-7)15(3)20(36-21)22(31)28(4)5/h8-10H,11-12H2,1-7H3,(H,25,30). The van der Waals surface area contributed by atoms with Crippen LogP contribution in [0, 0.1) is 20.8 Å². The summed E-state index contributed by atoms with van der Waals surface area (Å²) in [6.07, 6.45) is 0. The average molecular weight is 532 g/mol. The highest BCUT2D eigenvalue weighted by molar-refractivity contribution is 7.99. The first-order valence-corrected chi connectivity index (χ1v) is 12.8. The van der Waals surface area contributed by atoms with E-state index in [9.17, 15) is 14.4 Å². The molecule has 12 heteroatoms. The first-order valence-electron chi connectivity index (χ1n) is 11.0. The number of anilines is 1. The van der Waals surface area contributed by atoms with Gasteiger partial charge in [-0.15, -0.1) is 21.5 Å². The molecule has 0 atom stereocenters. The van der Waals surface area contributed by atoms with Crippen LogP contribution in [-0.4, -0.2) is 64.4 Å². The number of ether oxygens (including phenoxy) is 2. The van der Waals surface area contributed by atoms with Gasteiger partial charge in [-0.05, 0) is 43.5 Å². The third-order valence-corrected chi connectivity index (χ3v) is 7.56. The SMILES string of the molecule is COC(=O)c1c(NC(=O)CSc2nnc(COc3cc(C)ccc3C)n2C)sc(C(=O)N(C)C)c1C. The van der Waals surface area contributed by atoms with E-state index in [1.54, 1.807) is 32.6 Å². The minimum Gasteiger partial charge on any atom is -0.485 e. The lowest BCUT2D eigenvalue weighted by atomic mass is 10.1. The number of thiophene rings is 1. The van der Waals surface area contributed by atoms with Gasteiger partial charge >= 0.3 is 5.97 Å². The molecule has 192 valence electrons. The summed E-state index contributed by atoms with van der Waals surface area (Å²) in [7, 11) is 6.30. The number of nitrogens with one attached hydrogen (secondary N) is 1. The van der Waals surface area contributed by atoms with Crippen molar-refractivity contribution in [1.82, 2.24) is 19.7 Å². The summed E-state index contributed by atoms with van der Waals surface area (Å²) < 4.78 is 12.5. The molecular formula is C24H29N5O5S2. The van der Waals surface area contributed by atoms with Crippen LogP contribution in [-0.2, 0) is 23.2 Å². The molecule has 0 fully saturated rings. The minimum absolute atomic E-state index is 0.0261. The van der Waals surface area contributed by atoms with Crippen LogP contribution in [0.1, 0.15) is 42.5 Å². The zero-order chi connectivity index (χ0) is 26.6. The van der Waals surface area contributed by atoms with Crippen molar-refractivity contribution in [3.8, 4) is 5.75 Å². The maximum atomic E-state index is 12.7. The molecule has 0 radical (unpaired) electrons. The topological polar surface area (TPSA) is 116 Å². The molecule has 2 heterocycles. The van der Waals surface area contributed by atoms with Crippen molar-refractivity contribution in [2.75, 3.05) is 32.3 Å². The molecular weight excluding hydrogens is 502 g/mol. The number of amides is 2. The Morgan fingerprint density at radius 2 is 1.89 bits per heavy atom. The van der Waals surface area contributed by atoms with Crippen LogP contribution in [0.5, 0.6) is 5.75 Å². The summed E-state index contributed by atoms with van der Waals surface area (Å²) in [6, 6.07) is 6.00. The number of aromatic nitrogens is 3. The highest BCUT2D eigenvalue weighted by Gasteiger charge is 2.27. The Bertz CT molecular complexity index is 1300. The Morgan fingerprint density at radius 3 is 2.56 bits per heavy atom. The van der Waals surface area contributed by atoms with Gasteiger partial charge < -0.3 is 24.3 Å². The van der Waals surface area contributed by atoms with Crippen molar-refractivity contribution in [2.24, 2.45) is 7.05 Å². The summed E-state index contributed by atoms with van der Waals surface area (Å²) in [6.45, 7) is 5.87. The second kappa shape index (κ2) is 11.6. The largest absolute Gasteiger partial charge is 0.485 e. The minimum atomic E-state index is -0.619. The molecule has 1 aromatic carbocycles. The molecule has 2 aromatic heterocycles. The molecule has 10 nitrogen and oxygen atoms in total. The summed E-state index contributed by atoms with van der Waals surface area (Å²) >= 11 is 2.25. The molecule has 0 unspecified atom stereocenters. The van der Waals surface area contributed by atoms with Gasteiger partial charge in [0, 0.05) is 21.1 Å². The van der Waals surface area contributed by atoms with Gasteiger partial charge in [0.25, 0.3) is 5.91 Å². The Kier molecular flexibility index (Phi) is 8.75. The molecule has 3 rings (SSSR count). The summed E-state index contributed by atoms with van der Waals surface area (Å²) in [4.78, 5) is 39.3. The molecule has 1 N–H and O–H groups in total. The zero-order valence-electron chi connectivity index (χ0n) is 21.3. The molecule has 2 amide bonds. The van der Waals surface area contributed by atoms with E-state index >= 15 is 0 Å². The number of rotatable bonds is 9. The fourth-order valence-electron chi connectivity index (χ4n) is 3.25. The molecule has 0 aliphatic carbocycles. The lowest BCUT2D eigenvalue weighted by molar-refractivity contribution is -0.113. The van der Waals surface area contributed by atoms with Crippen LogP contribution in [0.4, 0.5) is 5.00 Å². The summed E-state index contributed by atoms with van der Waals surface area (Å²) in [5, 5.41) is 11.9. The number of carbonyl (C=O) groups is 3. The first kappa shape index (κ1) is 27.2. The number of carbonyl (C=O) groups excluding carboxylic acids is 3. The number of methoxy groups -OCH3 is 1. The van der Waals surface area contributed by atoms with Crippen LogP contribution in [0.25, 0.3) is 0 Å². The van der Waals surface area contributed by atoms with Crippen LogP contribution < -0.4 is 10.1 Å². The van der Waals surface area contributed by atoms with Crippen molar-refractivity contribution in [2.45, 2.75) is 32.5 Å². The van der Waals surface area contributed by atoms with E-state index < -0.39 is 5.97 Å². The van der Waals surface area contributed by atoms with Gasteiger partial charge in [-0.25, -0.2) is 4.79 Å². The second-order valence-corrected chi connectivity index (χ2v) is 10.3. The monoisotopic (exact) mass is 531 g/mol. The molecule has 36 heavy (non-hydrogen) atoms. The molecule has 0 saturated carbocycles. The Morgan fingerprint density at radius 1 is 1.17 bits per heavy atom. The lowest BCUT2D eigenvalue weighted by Gasteiger charge is -2.10. The number of esters is 1. The summed E-state index contributed by atoms with van der Waals surface area (Å²) in [5.74, 6) is 0.196. The van der Waals surface area contributed by atoms with Crippen LogP contribution in [0.3, 0.4) is 0 Å². The van der Waals surface area contributed by atoms with Crippen molar-refractivity contribution in [1.29, 1.82) is 0 Å². The van der Waals surface area contributed by atoms with Gasteiger partial charge in [0.2, 0.25) is 5.91 Å². The maximum Gasteiger partial charge on any atom is 0.341 e. The lowest BCUT2D eigenvalue weighted by Crippen LogP contribution is -2.21. The van der Waals surface area contributed by atoms with Crippen molar-refractivity contribution >= 4 is 45.9 Å². The van der Waals surface area contributed by atoms with Crippen LogP contribution >= 0.6 is 23.1 Å². The van der Waals surface area contributed by atoms with E-state index in [1.807, 2.05) is 32.0 Å². The Labute approximate surface area is 218 Å². The Balaban J connectivity index is 1.67. The van der Waals surface area contributed by atoms with E-state index in [4.69, 9.17) is 9.47 Å². The predicted molar refractivity (Wildman–Crippen MR) is 139 cm³/mol. The number of thioether (sulfide) groups is 1. The Hall–Kier alpha value is -3.38. The van der Waals surface area contributed by atoms with Gasteiger partial charge in [0.05, 0.1) is 23.3 Å². The molecule has 0 aliphatic rings. The van der Waals surface area contributed by atoms with Gasteiger partial charge in [-0.2, -0.15) is 0 Å². The number of hydrogen-bond acceptors (Lipinski definition) is 9. The quantitative estimate of drug-likeness (QED) is 0.329. The normalized spacial score (nSPS) is 10.8. The number of hydrogen-bond donors (Lipinski definition) is 1. The van der Waals surface area contributed by atoms with E-state index in [0.717, 1.165) is 28.2 Å². The first-order chi connectivity index (χ1) is 17.0. The van der Waals surface area contributed by atoms with Gasteiger partial charge in [-0.1, -0.05) is 23.9 Å². The number of aryl methyl sites for hydroxylation is 2. The van der Waals surface area contributed by atoms with Gasteiger partial charge in [0.1, 0.15) is 17.4 Å². The summed E-state index contributed by atoms with van der Waals surface area (Å²) in [5.41, 5.74) is 2.77. The highest BCUT2D eigenvalue weighted by Crippen LogP contribution is 2.34. The molecule has 0 saturated heterocycles. The highest BCUT2D eigenvalue weighted by atomic mass is 32.2. The maximum absolute atomic E-state index is 12.7. The average Bonchev–Trinajstić information content (AvgIpc) is 3.35. The van der Waals surface area contributed by atoms with E-state index in [2.05, 4.69) is 15.5 Å². The van der Waals surface area contributed by atoms with Crippen molar-refractivity contribution in [3.63, 3.8) is 0 Å². The van der Waals surface area contributed by atoms with Gasteiger partial charge in [-0.3, -0.25) is 9.59 Å². The van der Waals surface area contributed by atoms with Crippen LogP contribution in [0.15, 0.2) is 23.4 Å². The molecule has 0 aliphatic heterocycles. The molecule has 3 aromatic rings. The van der Waals surface area contributed by atoms with E-state index in [-0.39, 0.29) is 34.7 Å². The van der Waals surface area contributed by atoms with Crippen LogP contribution in [0.2, 0.25) is 0 Å². The molecule has 0 bridgehead atoms. The molecule has 0 spiro atoms. The smallest absolute Gasteiger partial charge is 0.341 e.